The zero-order valence-corrected chi connectivity index (χ0v) is 13.4. The van der Waals surface area contributed by atoms with Crippen molar-refractivity contribution in [3.63, 3.8) is 0 Å². The van der Waals surface area contributed by atoms with E-state index in [1.807, 2.05) is 26.1 Å². The van der Waals surface area contributed by atoms with E-state index in [0.29, 0.717) is 5.69 Å². The highest BCUT2D eigenvalue weighted by Gasteiger charge is 2.14. The topological polar surface area (TPSA) is 92.3 Å². The first-order valence-corrected chi connectivity index (χ1v) is 9.80. The molecule has 0 bridgehead atoms. The van der Waals surface area contributed by atoms with Crippen molar-refractivity contribution in [2.45, 2.75) is 13.0 Å². The molecular formula is C12H20N2O4S2. The molecule has 0 aromatic heterocycles. The summed E-state index contributed by atoms with van der Waals surface area (Å²) in [6.45, 7) is 1.99. The molecule has 6 nitrogen and oxygen atoms in total. The maximum absolute atomic E-state index is 11.7. The summed E-state index contributed by atoms with van der Waals surface area (Å²) in [4.78, 5) is 0. The van der Waals surface area contributed by atoms with Crippen molar-refractivity contribution in [1.29, 1.82) is 0 Å². The maximum atomic E-state index is 11.7. The molecule has 1 aromatic rings. The molecular weight excluding hydrogens is 300 g/mol. The summed E-state index contributed by atoms with van der Waals surface area (Å²) >= 11 is 0. The summed E-state index contributed by atoms with van der Waals surface area (Å²) in [6.07, 6.45) is 1.01. The lowest BCUT2D eigenvalue weighted by Gasteiger charge is -2.12. The summed E-state index contributed by atoms with van der Waals surface area (Å²) in [5.74, 6) is -0.836. The van der Waals surface area contributed by atoms with Crippen molar-refractivity contribution in [2.75, 3.05) is 29.5 Å². The fourth-order valence-corrected chi connectivity index (χ4v) is 4.18. The minimum Gasteiger partial charge on any atom is -0.313 e. The van der Waals surface area contributed by atoms with Gasteiger partial charge in [-0.25, -0.2) is 16.8 Å². The monoisotopic (exact) mass is 320 g/mol. The number of anilines is 1. The van der Waals surface area contributed by atoms with Crippen LogP contribution in [0.1, 0.15) is 18.5 Å². The number of hydrogen-bond acceptors (Lipinski definition) is 5. The molecule has 0 saturated heterocycles. The zero-order chi connectivity index (χ0) is 15.4. The molecule has 0 saturated carbocycles. The molecule has 0 aliphatic heterocycles. The van der Waals surface area contributed by atoms with Crippen LogP contribution in [0.2, 0.25) is 0 Å². The van der Waals surface area contributed by atoms with E-state index in [0.717, 1.165) is 11.8 Å². The van der Waals surface area contributed by atoms with E-state index < -0.39 is 31.4 Å². The van der Waals surface area contributed by atoms with Gasteiger partial charge in [-0.2, -0.15) is 0 Å². The van der Waals surface area contributed by atoms with Crippen LogP contribution in [0.25, 0.3) is 0 Å². The van der Waals surface area contributed by atoms with Gasteiger partial charge in [0.15, 0.2) is 0 Å². The Hall–Kier alpha value is -1.12. The van der Waals surface area contributed by atoms with E-state index in [1.54, 1.807) is 12.1 Å². The third-order valence-electron chi connectivity index (χ3n) is 2.84. The number of hydrogen-bond donors (Lipinski definition) is 2. The Morgan fingerprint density at radius 2 is 1.60 bits per heavy atom. The van der Waals surface area contributed by atoms with Gasteiger partial charge in [-0.05, 0) is 31.7 Å². The van der Waals surface area contributed by atoms with Gasteiger partial charge in [-0.15, -0.1) is 0 Å². The minimum absolute atomic E-state index is 0.172. The molecule has 114 valence electrons. The van der Waals surface area contributed by atoms with Crippen molar-refractivity contribution in [1.82, 2.24) is 5.32 Å². The fraction of sp³-hybridized carbons (Fsp3) is 0.500. The molecule has 0 aliphatic carbocycles. The van der Waals surface area contributed by atoms with Gasteiger partial charge in [0.1, 0.15) is 9.84 Å². The SMILES string of the molecule is CNC(C)c1ccc(NS(=O)(=O)CCS(C)(=O)=O)cc1. The predicted octanol–water partition coefficient (Wildman–Crippen LogP) is 0.753. The molecule has 2 N–H and O–H groups in total. The van der Waals surface area contributed by atoms with Gasteiger partial charge in [0.2, 0.25) is 10.0 Å². The van der Waals surface area contributed by atoms with Crippen LogP contribution < -0.4 is 10.0 Å². The second kappa shape index (κ2) is 6.55. The van der Waals surface area contributed by atoms with E-state index >= 15 is 0 Å². The largest absolute Gasteiger partial charge is 0.313 e. The fourth-order valence-electron chi connectivity index (χ4n) is 1.50. The zero-order valence-electron chi connectivity index (χ0n) is 11.8. The average Bonchev–Trinajstić information content (AvgIpc) is 2.35. The molecule has 1 aromatic carbocycles. The van der Waals surface area contributed by atoms with Crippen LogP contribution in [0.3, 0.4) is 0 Å². The van der Waals surface area contributed by atoms with Crippen LogP contribution in [0.5, 0.6) is 0 Å². The first kappa shape index (κ1) is 16.9. The number of rotatable bonds is 7. The molecule has 0 spiro atoms. The van der Waals surface area contributed by atoms with Gasteiger partial charge in [-0.3, -0.25) is 4.72 Å². The van der Waals surface area contributed by atoms with E-state index in [4.69, 9.17) is 0 Å². The standard InChI is InChI=1S/C12H20N2O4S2/c1-10(13-2)11-4-6-12(7-5-11)14-20(17,18)9-8-19(3,15)16/h4-7,10,13-14H,8-9H2,1-3H3. The molecule has 0 heterocycles. The van der Waals surface area contributed by atoms with Crippen LogP contribution in [0.15, 0.2) is 24.3 Å². The summed E-state index contributed by atoms with van der Waals surface area (Å²) in [5.41, 5.74) is 1.46. The van der Waals surface area contributed by atoms with Crippen LogP contribution in [-0.2, 0) is 19.9 Å². The van der Waals surface area contributed by atoms with Crippen LogP contribution in [-0.4, -0.2) is 41.6 Å². The Morgan fingerprint density at radius 1 is 1.05 bits per heavy atom. The third kappa shape index (κ3) is 5.89. The molecule has 1 unspecified atom stereocenters. The molecule has 8 heteroatoms. The lowest BCUT2D eigenvalue weighted by molar-refractivity contribution is 0.593. The van der Waals surface area contributed by atoms with Crippen molar-refractivity contribution in [3.8, 4) is 0 Å². The summed E-state index contributed by atoms with van der Waals surface area (Å²) in [7, 11) is -5.11. The van der Waals surface area contributed by atoms with Crippen LogP contribution in [0.4, 0.5) is 5.69 Å². The molecule has 0 fully saturated rings. The first-order chi connectivity index (χ1) is 9.13. The Morgan fingerprint density at radius 3 is 2.05 bits per heavy atom. The van der Waals surface area contributed by atoms with Crippen LogP contribution in [0, 0.1) is 0 Å². The third-order valence-corrected chi connectivity index (χ3v) is 5.33. The highest BCUT2D eigenvalue weighted by Crippen LogP contribution is 2.16. The van der Waals surface area contributed by atoms with Crippen molar-refractivity contribution < 1.29 is 16.8 Å². The van der Waals surface area contributed by atoms with Gasteiger partial charge in [0.25, 0.3) is 0 Å². The molecule has 0 aliphatic rings. The number of nitrogens with one attached hydrogen (secondary N) is 2. The van der Waals surface area contributed by atoms with Gasteiger partial charge in [0.05, 0.1) is 11.5 Å². The second-order valence-corrected chi connectivity index (χ2v) is 8.78. The van der Waals surface area contributed by atoms with Crippen molar-refractivity contribution in [2.24, 2.45) is 0 Å². The maximum Gasteiger partial charge on any atom is 0.233 e. The average molecular weight is 320 g/mol. The molecule has 20 heavy (non-hydrogen) atoms. The van der Waals surface area contributed by atoms with E-state index in [-0.39, 0.29) is 6.04 Å². The van der Waals surface area contributed by atoms with E-state index in [9.17, 15) is 16.8 Å². The number of sulfonamides is 1. The Balaban J connectivity index is 2.73. The summed E-state index contributed by atoms with van der Waals surface area (Å²) < 4.78 is 47.8. The first-order valence-electron chi connectivity index (χ1n) is 6.08. The number of sulfone groups is 1. The van der Waals surface area contributed by atoms with Gasteiger partial charge in [0, 0.05) is 18.0 Å². The van der Waals surface area contributed by atoms with Crippen molar-refractivity contribution in [3.05, 3.63) is 29.8 Å². The quantitative estimate of drug-likeness (QED) is 0.773. The Bertz CT molecular complexity index is 637. The lowest BCUT2D eigenvalue weighted by atomic mass is 10.1. The normalized spacial score (nSPS) is 13.9. The van der Waals surface area contributed by atoms with E-state index in [2.05, 4.69) is 10.0 Å². The van der Waals surface area contributed by atoms with E-state index in [1.165, 1.54) is 0 Å². The summed E-state index contributed by atoms with van der Waals surface area (Å²) in [6, 6.07) is 7.11. The van der Waals surface area contributed by atoms with Gasteiger partial charge < -0.3 is 5.32 Å². The summed E-state index contributed by atoms with van der Waals surface area (Å²) in [5, 5.41) is 3.08. The Kier molecular flexibility index (Phi) is 5.55. The lowest BCUT2D eigenvalue weighted by Crippen LogP contribution is -2.22. The smallest absolute Gasteiger partial charge is 0.233 e. The molecule has 1 rings (SSSR count). The molecule has 0 radical (unpaired) electrons. The van der Waals surface area contributed by atoms with Crippen molar-refractivity contribution >= 4 is 25.5 Å². The molecule has 1 atom stereocenters. The highest BCUT2D eigenvalue weighted by molar-refractivity contribution is 7.95. The molecule has 0 amide bonds. The minimum atomic E-state index is -3.65. The second-order valence-electron chi connectivity index (χ2n) is 4.68. The van der Waals surface area contributed by atoms with Gasteiger partial charge in [-0.1, -0.05) is 12.1 Å². The highest BCUT2D eigenvalue weighted by atomic mass is 32.2. The van der Waals surface area contributed by atoms with Gasteiger partial charge >= 0.3 is 0 Å². The number of benzene rings is 1. The predicted molar refractivity (Wildman–Crippen MR) is 81.0 cm³/mol. The Labute approximate surface area is 120 Å². The van der Waals surface area contributed by atoms with Crippen LogP contribution >= 0.6 is 0 Å².